The molecule has 0 saturated heterocycles. The van der Waals surface area contributed by atoms with Crippen LogP contribution in [-0.4, -0.2) is 24.7 Å². The van der Waals surface area contributed by atoms with E-state index in [4.69, 9.17) is 10.5 Å². The average Bonchev–Trinajstić information content (AvgIpc) is 2.34. The summed E-state index contributed by atoms with van der Waals surface area (Å²) in [6.45, 7) is 3.94. The normalized spacial score (nSPS) is 10.6. The number of nitrogens with two attached hydrogens (primary N) is 1. The number of ether oxygens (including phenoxy) is 1. The molecule has 1 heterocycles. The van der Waals surface area contributed by atoms with Crippen LogP contribution in [0.15, 0.2) is 6.07 Å². The maximum Gasteiger partial charge on any atom is 0.168 e. The third kappa shape index (κ3) is 4.83. The highest BCUT2D eigenvalue weighted by atomic mass is 19.1. The molecule has 0 aliphatic carbocycles. The van der Waals surface area contributed by atoms with Gasteiger partial charge in [-0.15, -0.1) is 0 Å². The molecule has 6 heteroatoms. The predicted octanol–water partition coefficient (Wildman–Crippen LogP) is 2.56. The first-order chi connectivity index (χ1) is 8.65. The van der Waals surface area contributed by atoms with Gasteiger partial charge in [0.25, 0.3) is 0 Å². The fourth-order valence-electron chi connectivity index (χ4n) is 1.33. The van der Waals surface area contributed by atoms with Gasteiger partial charge in [-0.3, -0.25) is 0 Å². The van der Waals surface area contributed by atoms with Gasteiger partial charge in [-0.1, -0.05) is 13.3 Å². The molecule has 0 atom stereocenters. The summed E-state index contributed by atoms with van der Waals surface area (Å²) in [7, 11) is 0. The number of hydrogen-bond acceptors (Lipinski definition) is 4. The van der Waals surface area contributed by atoms with Crippen LogP contribution in [0.25, 0.3) is 0 Å². The van der Waals surface area contributed by atoms with E-state index in [-0.39, 0.29) is 11.6 Å². The van der Waals surface area contributed by atoms with Crippen LogP contribution < -0.4 is 11.1 Å². The number of unbranched alkanes of at least 4 members (excludes halogenated alkanes) is 1. The van der Waals surface area contributed by atoms with E-state index in [9.17, 15) is 8.78 Å². The monoisotopic (exact) mass is 259 g/mol. The minimum atomic E-state index is -0.846. The lowest BCUT2D eigenvalue weighted by Gasteiger charge is -2.08. The van der Waals surface area contributed by atoms with Crippen molar-refractivity contribution in [3.8, 4) is 0 Å². The molecule has 0 unspecified atom stereocenters. The Morgan fingerprint density at radius 2 is 2.00 bits per heavy atom. The molecule has 0 bridgehead atoms. The minimum absolute atomic E-state index is 0.0255. The Bertz CT molecular complexity index is 375. The van der Waals surface area contributed by atoms with Gasteiger partial charge in [0.2, 0.25) is 0 Å². The zero-order valence-electron chi connectivity index (χ0n) is 10.5. The second-order valence-electron chi connectivity index (χ2n) is 3.93. The Balaban J connectivity index is 2.25. The molecular weight excluding hydrogens is 240 g/mol. The number of nitrogen functional groups attached to an aromatic ring is 1. The van der Waals surface area contributed by atoms with Gasteiger partial charge < -0.3 is 15.8 Å². The summed E-state index contributed by atoms with van der Waals surface area (Å²) in [5.41, 5.74) is 5.26. The topological polar surface area (TPSA) is 60.2 Å². The van der Waals surface area contributed by atoms with Gasteiger partial charge in [0.1, 0.15) is 0 Å². The average molecular weight is 259 g/mol. The van der Waals surface area contributed by atoms with Crippen molar-refractivity contribution < 1.29 is 13.5 Å². The second kappa shape index (κ2) is 7.81. The molecule has 0 aliphatic heterocycles. The number of nitrogens with one attached hydrogen (secondary N) is 1. The van der Waals surface area contributed by atoms with E-state index in [1.165, 1.54) is 0 Å². The summed E-state index contributed by atoms with van der Waals surface area (Å²) < 4.78 is 31.4. The number of rotatable bonds is 8. The van der Waals surface area contributed by atoms with E-state index in [2.05, 4.69) is 17.2 Å². The van der Waals surface area contributed by atoms with Gasteiger partial charge in [0.05, 0.1) is 0 Å². The lowest BCUT2D eigenvalue weighted by atomic mass is 10.3. The van der Waals surface area contributed by atoms with Crippen LogP contribution in [-0.2, 0) is 4.74 Å². The molecule has 1 rings (SSSR count). The molecule has 1 aromatic heterocycles. The number of hydrogen-bond donors (Lipinski definition) is 2. The highest BCUT2D eigenvalue weighted by Crippen LogP contribution is 2.16. The molecule has 0 spiro atoms. The molecule has 0 radical (unpaired) electrons. The summed E-state index contributed by atoms with van der Waals surface area (Å²) in [6.07, 6.45) is 2.86. The van der Waals surface area contributed by atoms with Gasteiger partial charge >= 0.3 is 0 Å². The van der Waals surface area contributed by atoms with E-state index in [1.807, 2.05) is 0 Å². The fourth-order valence-corrected chi connectivity index (χ4v) is 1.33. The highest BCUT2D eigenvalue weighted by molar-refractivity contribution is 5.44. The van der Waals surface area contributed by atoms with Crippen molar-refractivity contribution in [1.29, 1.82) is 0 Å². The Kier molecular flexibility index (Phi) is 6.35. The molecule has 1 aromatic rings. The van der Waals surface area contributed by atoms with E-state index < -0.39 is 11.6 Å². The van der Waals surface area contributed by atoms with E-state index in [1.54, 1.807) is 0 Å². The molecular formula is C12H19F2N3O. The van der Waals surface area contributed by atoms with Crippen LogP contribution in [0, 0.1) is 11.6 Å². The Labute approximate surface area is 106 Å². The third-order valence-corrected chi connectivity index (χ3v) is 2.36. The predicted molar refractivity (Wildman–Crippen MR) is 67.4 cm³/mol. The van der Waals surface area contributed by atoms with Crippen molar-refractivity contribution in [2.45, 2.75) is 26.2 Å². The summed E-state index contributed by atoms with van der Waals surface area (Å²) in [6, 6.07) is 0.725. The van der Waals surface area contributed by atoms with Crippen molar-refractivity contribution in [2.75, 3.05) is 30.8 Å². The fraction of sp³-hybridized carbons (Fsp3) is 0.583. The van der Waals surface area contributed by atoms with E-state index in [0.717, 1.165) is 31.9 Å². The molecule has 102 valence electrons. The molecule has 3 N–H and O–H groups in total. The standard InChI is InChI=1S/C12H19F2N3O/c1-2-3-6-18-7-4-5-16-12-10(14)8-9(13)11(15)17-12/h8H,2-7H2,1H3,(H3,15,16,17). The third-order valence-electron chi connectivity index (χ3n) is 2.36. The van der Waals surface area contributed by atoms with Crippen molar-refractivity contribution in [1.82, 2.24) is 4.98 Å². The molecule has 0 aliphatic rings. The van der Waals surface area contributed by atoms with Gasteiger partial charge in [0, 0.05) is 25.8 Å². The molecule has 0 saturated carbocycles. The second-order valence-corrected chi connectivity index (χ2v) is 3.93. The van der Waals surface area contributed by atoms with Gasteiger partial charge in [-0.05, 0) is 12.8 Å². The van der Waals surface area contributed by atoms with Crippen molar-refractivity contribution in [3.63, 3.8) is 0 Å². The first kappa shape index (κ1) is 14.6. The number of aromatic nitrogens is 1. The van der Waals surface area contributed by atoms with Crippen LogP contribution >= 0.6 is 0 Å². The lowest BCUT2D eigenvalue weighted by molar-refractivity contribution is 0.131. The number of nitrogens with zero attached hydrogens (tertiary/aromatic N) is 1. The van der Waals surface area contributed by atoms with Crippen LogP contribution in [0.1, 0.15) is 26.2 Å². The highest BCUT2D eigenvalue weighted by Gasteiger charge is 2.08. The minimum Gasteiger partial charge on any atom is -0.381 e. The molecule has 0 aromatic carbocycles. The summed E-state index contributed by atoms with van der Waals surface area (Å²) >= 11 is 0. The lowest BCUT2D eigenvalue weighted by Crippen LogP contribution is -2.10. The van der Waals surface area contributed by atoms with Crippen LogP contribution in [0.3, 0.4) is 0 Å². The zero-order valence-corrected chi connectivity index (χ0v) is 10.5. The Hall–Kier alpha value is -1.43. The maximum absolute atomic E-state index is 13.3. The molecule has 0 amide bonds. The first-order valence-electron chi connectivity index (χ1n) is 6.08. The summed E-state index contributed by atoms with van der Waals surface area (Å²) in [5, 5.41) is 2.76. The number of anilines is 2. The van der Waals surface area contributed by atoms with Crippen molar-refractivity contribution >= 4 is 11.6 Å². The van der Waals surface area contributed by atoms with Crippen LogP contribution in [0.4, 0.5) is 20.4 Å². The van der Waals surface area contributed by atoms with E-state index >= 15 is 0 Å². The van der Waals surface area contributed by atoms with Crippen LogP contribution in [0.5, 0.6) is 0 Å². The summed E-state index contributed by atoms with van der Waals surface area (Å²) in [5.74, 6) is -1.92. The van der Waals surface area contributed by atoms with Gasteiger partial charge in [-0.2, -0.15) is 0 Å². The summed E-state index contributed by atoms with van der Waals surface area (Å²) in [4.78, 5) is 3.60. The Morgan fingerprint density at radius 1 is 1.28 bits per heavy atom. The van der Waals surface area contributed by atoms with Crippen molar-refractivity contribution in [2.24, 2.45) is 0 Å². The molecule has 18 heavy (non-hydrogen) atoms. The van der Waals surface area contributed by atoms with Crippen molar-refractivity contribution in [3.05, 3.63) is 17.7 Å². The van der Waals surface area contributed by atoms with E-state index in [0.29, 0.717) is 13.2 Å². The van der Waals surface area contributed by atoms with Gasteiger partial charge in [0.15, 0.2) is 23.3 Å². The largest absolute Gasteiger partial charge is 0.381 e. The molecule has 4 nitrogen and oxygen atoms in total. The number of halogens is 2. The SMILES string of the molecule is CCCCOCCCNc1nc(N)c(F)cc1F. The Morgan fingerprint density at radius 3 is 2.72 bits per heavy atom. The maximum atomic E-state index is 13.3. The van der Waals surface area contributed by atoms with Crippen LogP contribution in [0.2, 0.25) is 0 Å². The number of pyridine rings is 1. The van der Waals surface area contributed by atoms with Gasteiger partial charge in [-0.25, -0.2) is 13.8 Å². The quantitative estimate of drug-likeness (QED) is 0.704. The smallest absolute Gasteiger partial charge is 0.168 e. The first-order valence-corrected chi connectivity index (χ1v) is 6.08. The zero-order chi connectivity index (χ0) is 13.4. The molecule has 0 fully saturated rings.